The molecular weight excluding hydrogens is 392 g/mol. The van der Waals surface area contributed by atoms with Gasteiger partial charge >= 0.3 is 0 Å². The lowest BCUT2D eigenvalue weighted by Crippen LogP contribution is -2.89. The van der Waals surface area contributed by atoms with Crippen LogP contribution >= 0.6 is 15.9 Å². The first kappa shape index (κ1) is 15.2. The zero-order chi connectivity index (χ0) is 22.1. The van der Waals surface area contributed by atoms with Crippen LogP contribution in [0.15, 0.2) is 0 Å². The number of hydrogen-bond donors (Lipinski definition) is 4. The molecule has 9 nitrogen and oxygen atoms in total. The molecule has 1 fully saturated rings. The summed E-state index contributed by atoms with van der Waals surface area (Å²) in [7, 11) is 0. The van der Waals surface area contributed by atoms with Gasteiger partial charge in [-0.15, -0.1) is 0 Å². The second-order valence-corrected chi connectivity index (χ2v) is 6.38. The molecule has 1 unspecified atom stereocenters. The second kappa shape index (κ2) is 6.04. The summed E-state index contributed by atoms with van der Waals surface area (Å²) in [5, 5.41) is 42.8. The monoisotopic (exact) mass is 414 g/mol. The first-order chi connectivity index (χ1) is 12.8. The maximum Gasteiger partial charge on any atom is 0.220 e. The summed E-state index contributed by atoms with van der Waals surface area (Å²) in [5.74, 6) is -6.70. The average Bonchev–Trinajstić information content (AvgIpc) is 2.71. The number of carbonyl (C=O) groups excluding carboxylic acids is 4. The lowest BCUT2D eigenvalue weighted by atomic mass is 9.59. The Balaban J connectivity index is 4.15. The average molecular weight is 415 g/mol. The van der Waals surface area contributed by atoms with Gasteiger partial charge in [-0.3, -0.25) is 19.2 Å². The van der Waals surface area contributed by atoms with Crippen LogP contribution in [0, 0.1) is 0 Å². The smallest absolute Gasteiger partial charge is 0.220 e. The number of halogens is 1. The number of rotatable bonds is 5. The SMILES string of the molecule is [2H]CC(=O)C1(Br)O[C@H](CO)[C@@](O)(C(=O)C[2H])[C@@](O)(C(=O)C[2H])[C@]1(O)C(=O)C[2H]. The lowest BCUT2D eigenvalue weighted by Gasteiger charge is -2.60. The summed E-state index contributed by atoms with van der Waals surface area (Å²) in [6.07, 6.45) is -2.32. The fraction of sp³-hybridized carbons (Fsp3) is 0.714. The Morgan fingerprint density at radius 2 is 1.42 bits per heavy atom. The minimum absolute atomic E-state index is 1.19. The highest BCUT2D eigenvalue weighted by Gasteiger charge is 2.83. The highest BCUT2D eigenvalue weighted by atomic mass is 79.9. The van der Waals surface area contributed by atoms with Crippen molar-refractivity contribution >= 4 is 39.1 Å². The Hall–Kier alpha value is -1.04. The Morgan fingerprint density at radius 1 is 0.958 bits per heavy atom. The predicted octanol–water partition coefficient (Wildman–Crippen LogP) is -1.98. The number of aliphatic hydroxyl groups is 4. The Morgan fingerprint density at radius 3 is 1.83 bits per heavy atom. The van der Waals surface area contributed by atoms with Crippen LogP contribution in [-0.2, 0) is 23.9 Å². The maximum atomic E-state index is 12.5. The van der Waals surface area contributed by atoms with Gasteiger partial charge in [-0.1, -0.05) is 0 Å². The summed E-state index contributed by atoms with van der Waals surface area (Å²) in [6.45, 7) is -6.61. The number of ether oxygens (including phenoxy) is 1. The van der Waals surface area contributed by atoms with Crippen molar-refractivity contribution in [2.75, 3.05) is 6.61 Å². The Labute approximate surface area is 151 Å². The van der Waals surface area contributed by atoms with Gasteiger partial charge in [0.2, 0.25) is 15.7 Å². The van der Waals surface area contributed by atoms with Crippen LogP contribution in [0.5, 0.6) is 0 Å². The van der Waals surface area contributed by atoms with E-state index in [1.807, 2.05) is 0 Å². The van der Waals surface area contributed by atoms with Crippen molar-refractivity contribution in [3.8, 4) is 0 Å². The molecule has 5 atom stereocenters. The fourth-order valence-electron chi connectivity index (χ4n) is 2.72. The van der Waals surface area contributed by atoms with Crippen molar-refractivity contribution in [1.29, 1.82) is 0 Å². The summed E-state index contributed by atoms with van der Waals surface area (Å²) in [6, 6.07) is 0. The van der Waals surface area contributed by atoms with Gasteiger partial charge in [0, 0.05) is 5.48 Å². The third-order valence-electron chi connectivity index (χ3n) is 4.07. The number of alkyl halides is 1. The fourth-order valence-corrected chi connectivity index (χ4v) is 3.46. The molecule has 0 spiro atoms. The van der Waals surface area contributed by atoms with E-state index in [2.05, 4.69) is 15.9 Å². The van der Waals surface area contributed by atoms with Gasteiger partial charge < -0.3 is 25.2 Å². The van der Waals surface area contributed by atoms with Crippen molar-refractivity contribution in [2.24, 2.45) is 0 Å². The van der Waals surface area contributed by atoms with Crippen LogP contribution in [-0.4, -0.2) is 77.6 Å². The molecule has 0 aromatic heterocycles. The van der Waals surface area contributed by atoms with Gasteiger partial charge in [0.15, 0.2) is 28.7 Å². The lowest BCUT2D eigenvalue weighted by molar-refractivity contribution is -0.321. The van der Waals surface area contributed by atoms with E-state index in [4.69, 9.17) is 10.2 Å². The van der Waals surface area contributed by atoms with Crippen LogP contribution in [0.4, 0.5) is 0 Å². The zero-order valence-electron chi connectivity index (χ0n) is 16.3. The van der Waals surface area contributed by atoms with E-state index in [1.54, 1.807) is 0 Å². The van der Waals surface area contributed by atoms with Gasteiger partial charge in [0.1, 0.15) is 6.10 Å². The summed E-state index contributed by atoms with van der Waals surface area (Å²) >= 11 is 2.56. The van der Waals surface area contributed by atoms with Crippen LogP contribution in [0.3, 0.4) is 0 Å². The highest BCUT2D eigenvalue weighted by Crippen LogP contribution is 2.53. The van der Waals surface area contributed by atoms with Gasteiger partial charge in [0.05, 0.1) is 6.61 Å². The summed E-state index contributed by atoms with van der Waals surface area (Å²) < 4.78 is 30.8. The standard InChI is InChI=1S/C14H19BrO9/c1-6(17)11(21)10(5-16)24-14(15,9(4)20)13(23,8(3)19)12(11,22)7(2)18/h10,16,21-23H,5H2,1-4H3/t10-,11+,12+,13-,14?/m1/s1/i1D,2D,3D,4D. The van der Waals surface area contributed by atoms with E-state index >= 15 is 0 Å². The topological polar surface area (TPSA) is 158 Å². The predicted molar refractivity (Wildman–Crippen MR) is 81.2 cm³/mol. The molecule has 0 aromatic rings. The van der Waals surface area contributed by atoms with Gasteiger partial charge in [-0.25, -0.2) is 0 Å². The number of hydrogen-bond acceptors (Lipinski definition) is 9. The largest absolute Gasteiger partial charge is 0.394 e. The highest BCUT2D eigenvalue weighted by molar-refractivity contribution is 9.10. The molecule has 136 valence electrons. The third kappa shape index (κ3) is 2.11. The normalized spacial score (nSPS) is 44.6. The van der Waals surface area contributed by atoms with Gasteiger partial charge in [-0.2, -0.15) is 0 Å². The van der Waals surface area contributed by atoms with Crippen molar-refractivity contribution in [2.45, 2.75) is 55.0 Å². The first-order valence-electron chi connectivity index (χ1n) is 9.12. The number of ketones is 4. The molecule has 1 aliphatic rings. The van der Waals surface area contributed by atoms with E-state index in [-0.39, 0.29) is 0 Å². The van der Waals surface area contributed by atoms with Crippen LogP contribution < -0.4 is 0 Å². The third-order valence-corrected chi connectivity index (χ3v) is 5.27. The second-order valence-electron chi connectivity index (χ2n) is 5.26. The molecule has 0 radical (unpaired) electrons. The van der Waals surface area contributed by atoms with Crippen molar-refractivity contribution < 1.29 is 49.8 Å². The summed E-state index contributed by atoms with van der Waals surface area (Å²) in [4.78, 5) is 49.7. The van der Waals surface area contributed by atoms with Crippen LogP contribution in [0.25, 0.3) is 0 Å². The van der Waals surface area contributed by atoms with Crippen LogP contribution in [0.1, 0.15) is 33.1 Å². The minimum Gasteiger partial charge on any atom is -0.394 e. The number of Topliss-reactive ketones (excluding diaryl/α,β-unsaturated/α-hetero) is 4. The van der Waals surface area contributed by atoms with Crippen LogP contribution in [0.2, 0.25) is 0 Å². The zero-order valence-corrected chi connectivity index (χ0v) is 13.9. The quantitative estimate of drug-likeness (QED) is 0.373. The molecule has 4 N–H and O–H groups in total. The molecule has 24 heavy (non-hydrogen) atoms. The minimum atomic E-state index is -3.96. The van der Waals surface area contributed by atoms with E-state index < -0.39 is 84.8 Å². The first-order valence-corrected chi connectivity index (χ1v) is 7.09. The molecule has 0 aromatic carbocycles. The van der Waals surface area contributed by atoms with Crippen molar-refractivity contribution in [1.82, 2.24) is 0 Å². The summed E-state index contributed by atoms with van der Waals surface area (Å²) in [5.41, 5.74) is -11.4. The number of aliphatic hydroxyl groups excluding tert-OH is 1. The molecule has 0 bridgehead atoms. The molecule has 1 aliphatic heterocycles. The molecule has 0 saturated carbocycles. The maximum absolute atomic E-state index is 12.5. The van der Waals surface area contributed by atoms with Gasteiger partial charge in [-0.05, 0) is 43.5 Å². The Kier molecular flexibility index (Phi) is 3.83. The van der Waals surface area contributed by atoms with E-state index in [0.717, 1.165) is 0 Å². The van der Waals surface area contributed by atoms with E-state index in [0.29, 0.717) is 0 Å². The molecule has 1 rings (SSSR count). The van der Waals surface area contributed by atoms with E-state index in [1.165, 1.54) is 0 Å². The molecule has 1 saturated heterocycles. The molecule has 10 heteroatoms. The molecule has 0 aliphatic carbocycles. The molecular formula is C14H19BrO9. The Bertz CT molecular complexity index is 694. The molecule has 1 heterocycles. The van der Waals surface area contributed by atoms with Gasteiger partial charge in [0.25, 0.3) is 0 Å². The molecule has 0 amide bonds. The van der Waals surface area contributed by atoms with Crippen molar-refractivity contribution in [3.63, 3.8) is 0 Å². The van der Waals surface area contributed by atoms with E-state index in [9.17, 15) is 39.6 Å². The number of carbonyl (C=O) groups is 4. The van der Waals surface area contributed by atoms with Crippen molar-refractivity contribution in [3.05, 3.63) is 0 Å².